The molecule has 0 aliphatic carbocycles. The number of aliphatic hydroxyl groups is 2. The molecule has 20 heavy (non-hydrogen) atoms. The fourth-order valence-electron chi connectivity index (χ4n) is 2.14. The Morgan fingerprint density at radius 2 is 1.85 bits per heavy atom. The van der Waals surface area contributed by atoms with Crippen LogP contribution >= 0.6 is 0 Å². The van der Waals surface area contributed by atoms with E-state index in [0.717, 1.165) is 5.56 Å². The first kappa shape index (κ1) is 16.5. The van der Waals surface area contributed by atoms with Crippen LogP contribution in [0.2, 0.25) is 0 Å². The molecule has 0 bridgehead atoms. The maximum atomic E-state index is 11.8. The summed E-state index contributed by atoms with van der Waals surface area (Å²) < 4.78 is 4.96. The van der Waals surface area contributed by atoms with Crippen molar-refractivity contribution in [2.45, 2.75) is 45.8 Å². The van der Waals surface area contributed by atoms with Crippen molar-refractivity contribution in [1.82, 2.24) is 0 Å². The average Bonchev–Trinajstić information content (AvgIpc) is 2.33. The molecule has 2 atom stereocenters. The molecule has 0 saturated carbocycles. The van der Waals surface area contributed by atoms with Gasteiger partial charge in [0.25, 0.3) is 0 Å². The summed E-state index contributed by atoms with van der Waals surface area (Å²) >= 11 is 0. The first-order chi connectivity index (χ1) is 9.36. The Morgan fingerprint density at radius 3 is 2.35 bits per heavy atom. The molecular weight excluding hydrogens is 258 g/mol. The third-order valence-electron chi connectivity index (χ3n) is 2.96. The molecule has 0 aliphatic rings. The molecule has 0 heterocycles. The largest absolute Gasteiger partial charge is 0.462 e. The molecule has 0 aromatic heterocycles. The van der Waals surface area contributed by atoms with Gasteiger partial charge < -0.3 is 20.7 Å². The number of hydrogen-bond donors (Lipinski definition) is 3. The molecule has 1 aromatic carbocycles. The minimum absolute atomic E-state index is 0.277. The van der Waals surface area contributed by atoms with Crippen molar-refractivity contribution in [2.75, 3.05) is 12.3 Å². The lowest BCUT2D eigenvalue weighted by atomic mass is 9.93. The molecule has 112 valence electrons. The zero-order valence-corrected chi connectivity index (χ0v) is 12.2. The molecule has 0 saturated heterocycles. The average molecular weight is 281 g/mol. The van der Waals surface area contributed by atoms with Crippen molar-refractivity contribution in [3.63, 3.8) is 0 Å². The lowest BCUT2D eigenvalue weighted by molar-refractivity contribution is 0.0527. The summed E-state index contributed by atoms with van der Waals surface area (Å²) in [5.74, 6) is -0.472. The highest BCUT2D eigenvalue weighted by Crippen LogP contribution is 2.25. The number of rotatable bonds is 6. The van der Waals surface area contributed by atoms with Gasteiger partial charge in [-0.3, -0.25) is 0 Å². The van der Waals surface area contributed by atoms with Gasteiger partial charge in [-0.1, -0.05) is 6.07 Å². The van der Waals surface area contributed by atoms with Gasteiger partial charge in [0.05, 0.1) is 24.4 Å². The van der Waals surface area contributed by atoms with Crippen LogP contribution in [0, 0.1) is 0 Å². The summed E-state index contributed by atoms with van der Waals surface area (Å²) in [6, 6.07) is 3.36. The summed E-state index contributed by atoms with van der Waals surface area (Å²) in [7, 11) is 0. The zero-order valence-electron chi connectivity index (χ0n) is 12.2. The molecular formula is C15H23NO4. The number of ether oxygens (including phenoxy) is 1. The third-order valence-corrected chi connectivity index (χ3v) is 2.96. The van der Waals surface area contributed by atoms with E-state index in [1.165, 1.54) is 0 Å². The van der Waals surface area contributed by atoms with Gasteiger partial charge in [0, 0.05) is 12.1 Å². The fraction of sp³-hybridized carbons (Fsp3) is 0.533. The number of aliphatic hydroxyl groups excluding tert-OH is 2. The van der Waals surface area contributed by atoms with Gasteiger partial charge in [-0.25, -0.2) is 4.79 Å². The molecule has 0 spiro atoms. The van der Waals surface area contributed by atoms with Crippen LogP contribution in [0.15, 0.2) is 12.1 Å². The SMILES string of the molecule is CCOC(=O)c1ccc(CC(C)O)c(CC(C)O)c1N. The van der Waals surface area contributed by atoms with Crippen molar-refractivity contribution in [2.24, 2.45) is 0 Å². The number of nitrogen functional groups attached to an aromatic ring is 1. The Morgan fingerprint density at radius 1 is 1.25 bits per heavy atom. The highest BCUT2D eigenvalue weighted by molar-refractivity contribution is 5.96. The molecule has 0 radical (unpaired) electrons. The van der Waals surface area contributed by atoms with E-state index in [1.54, 1.807) is 32.9 Å². The Bertz CT molecular complexity index is 469. The van der Waals surface area contributed by atoms with E-state index < -0.39 is 18.2 Å². The Balaban J connectivity index is 3.23. The van der Waals surface area contributed by atoms with Crippen molar-refractivity contribution in [3.05, 3.63) is 28.8 Å². The van der Waals surface area contributed by atoms with E-state index >= 15 is 0 Å². The molecule has 1 rings (SSSR count). The summed E-state index contributed by atoms with van der Waals surface area (Å²) in [4.78, 5) is 11.8. The first-order valence-electron chi connectivity index (χ1n) is 6.80. The first-order valence-corrected chi connectivity index (χ1v) is 6.80. The van der Waals surface area contributed by atoms with Crippen molar-refractivity contribution >= 4 is 11.7 Å². The number of carbonyl (C=O) groups is 1. The van der Waals surface area contributed by atoms with Gasteiger partial charge >= 0.3 is 5.97 Å². The van der Waals surface area contributed by atoms with Crippen LogP contribution in [0.4, 0.5) is 5.69 Å². The molecule has 0 fully saturated rings. The molecule has 5 heteroatoms. The number of hydrogen-bond acceptors (Lipinski definition) is 5. The van der Waals surface area contributed by atoms with Crippen LogP contribution < -0.4 is 5.73 Å². The lowest BCUT2D eigenvalue weighted by Crippen LogP contribution is -2.16. The summed E-state index contributed by atoms with van der Waals surface area (Å²) in [6.45, 7) is 5.34. The molecule has 5 nitrogen and oxygen atoms in total. The smallest absolute Gasteiger partial charge is 0.340 e. The predicted octanol–water partition coefficient (Wildman–Crippen LogP) is 1.29. The number of anilines is 1. The molecule has 0 aliphatic heterocycles. The highest BCUT2D eigenvalue weighted by atomic mass is 16.5. The second kappa shape index (κ2) is 7.26. The van der Waals surface area contributed by atoms with Crippen molar-refractivity contribution < 1.29 is 19.7 Å². The van der Waals surface area contributed by atoms with Gasteiger partial charge in [-0.05, 0) is 44.4 Å². The second-order valence-electron chi connectivity index (χ2n) is 4.99. The van der Waals surface area contributed by atoms with E-state index in [1.807, 2.05) is 0 Å². The van der Waals surface area contributed by atoms with Gasteiger partial charge in [-0.2, -0.15) is 0 Å². The normalized spacial score (nSPS) is 13.8. The maximum absolute atomic E-state index is 11.8. The van der Waals surface area contributed by atoms with Crippen molar-refractivity contribution in [1.29, 1.82) is 0 Å². The van der Waals surface area contributed by atoms with Crippen LogP contribution in [0.5, 0.6) is 0 Å². The highest BCUT2D eigenvalue weighted by Gasteiger charge is 2.18. The van der Waals surface area contributed by atoms with Gasteiger partial charge in [0.2, 0.25) is 0 Å². The van der Waals surface area contributed by atoms with Crippen LogP contribution in [-0.4, -0.2) is 35.0 Å². The molecule has 1 aromatic rings. The Kier molecular flexibility index (Phi) is 5.98. The van der Waals surface area contributed by atoms with Crippen molar-refractivity contribution in [3.8, 4) is 0 Å². The van der Waals surface area contributed by atoms with Gasteiger partial charge in [-0.15, -0.1) is 0 Å². The third kappa shape index (κ3) is 4.21. The van der Waals surface area contributed by atoms with Crippen LogP contribution in [0.1, 0.15) is 42.3 Å². The lowest BCUT2D eigenvalue weighted by Gasteiger charge is -2.17. The minimum Gasteiger partial charge on any atom is -0.462 e. The number of esters is 1. The summed E-state index contributed by atoms with van der Waals surface area (Å²) in [6.07, 6.45) is -0.339. The molecule has 0 amide bonds. The Hall–Kier alpha value is -1.59. The minimum atomic E-state index is -0.581. The van der Waals surface area contributed by atoms with E-state index in [-0.39, 0.29) is 6.61 Å². The summed E-state index contributed by atoms with van der Waals surface area (Å²) in [5, 5.41) is 19.1. The fourth-order valence-corrected chi connectivity index (χ4v) is 2.14. The van der Waals surface area contributed by atoms with Crippen LogP contribution in [0.3, 0.4) is 0 Å². The monoisotopic (exact) mass is 281 g/mol. The van der Waals surface area contributed by atoms with Gasteiger partial charge in [0.15, 0.2) is 0 Å². The standard InChI is InChI=1S/C15H23NO4/c1-4-20-15(19)12-6-5-11(7-9(2)17)13(14(12)16)8-10(3)18/h5-6,9-10,17-18H,4,7-8,16H2,1-3H3. The van der Waals surface area contributed by atoms with E-state index in [2.05, 4.69) is 0 Å². The van der Waals surface area contributed by atoms with Crippen LogP contribution in [-0.2, 0) is 17.6 Å². The van der Waals surface area contributed by atoms with E-state index in [9.17, 15) is 15.0 Å². The Labute approximate surface area is 119 Å². The number of nitrogens with two attached hydrogens (primary N) is 1. The summed E-state index contributed by atoms with van der Waals surface area (Å²) in [5.41, 5.74) is 8.21. The number of benzene rings is 1. The van der Waals surface area contributed by atoms with E-state index in [4.69, 9.17) is 10.5 Å². The maximum Gasteiger partial charge on any atom is 0.340 e. The predicted molar refractivity (Wildman–Crippen MR) is 77.6 cm³/mol. The molecule has 2 unspecified atom stereocenters. The molecule has 4 N–H and O–H groups in total. The quantitative estimate of drug-likeness (QED) is 0.540. The van der Waals surface area contributed by atoms with Crippen LogP contribution in [0.25, 0.3) is 0 Å². The van der Waals surface area contributed by atoms with E-state index in [0.29, 0.717) is 29.7 Å². The topological polar surface area (TPSA) is 92.8 Å². The zero-order chi connectivity index (χ0) is 15.3. The number of carbonyl (C=O) groups excluding carboxylic acids is 1. The van der Waals surface area contributed by atoms with Gasteiger partial charge in [0.1, 0.15) is 0 Å². The second-order valence-corrected chi connectivity index (χ2v) is 4.99.